The van der Waals surface area contributed by atoms with Crippen molar-refractivity contribution in [1.82, 2.24) is 5.32 Å². The van der Waals surface area contributed by atoms with E-state index in [-0.39, 0.29) is 0 Å². The second-order valence-corrected chi connectivity index (χ2v) is 3.73. The number of hydrogen-bond donors (Lipinski definition) is 2. The normalized spacial score (nSPS) is 16.4. The molecular weight excluding hydrogens is 184 g/mol. The molecule has 1 aromatic carbocycles. The Morgan fingerprint density at radius 3 is 2.85 bits per heavy atom. The van der Waals surface area contributed by atoms with Crippen LogP contribution < -0.4 is 11.1 Å². The second kappa shape index (κ2) is 3.56. The van der Waals surface area contributed by atoms with Crippen molar-refractivity contribution < 1.29 is 0 Å². The first-order chi connectivity index (χ1) is 6.29. The van der Waals surface area contributed by atoms with Gasteiger partial charge in [-0.05, 0) is 43.1 Å². The number of benzene rings is 1. The Morgan fingerprint density at radius 1 is 1.23 bits per heavy atom. The van der Waals surface area contributed by atoms with E-state index in [1.807, 2.05) is 6.07 Å². The predicted octanol–water partition coefficient (Wildman–Crippen LogP) is 1.61. The molecule has 1 aliphatic heterocycles. The molecule has 0 aromatic heterocycles. The van der Waals surface area contributed by atoms with Gasteiger partial charge in [-0.25, -0.2) is 0 Å². The van der Waals surface area contributed by atoms with Crippen molar-refractivity contribution in [3.8, 4) is 0 Å². The highest BCUT2D eigenvalue weighted by Gasteiger charge is 2.12. The van der Waals surface area contributed by atoms with E-state index < -0.39 is 0 Å². The smallest absolute Gasteiger partial charge is 0.0670 e. The van der Waals surface area contributed by atoms with Gasteiger partial charge in [0.25, 0.3) is 0 Å². The van der Waals surface area contributed by atoms with Crippen LogP contribution in [-0.2, 0) is 12.8 Å². The van der Waals surface area contributed by atoms with Gasteiger partial charge in [0.1, 0.15) is 0 Å². The van der Waals surface area contributed by atoms with E-state index in [0.29, 0.717) is 5.69 Å². The zero-order valence-corrected chi connectivity index (χ0v) is 8.19. The van der Waals surface area contributed by atoms with Crippen LogP contribution in [0.1, 0.15) is 11.1 Å². The summed E-state index contributed by atoms with van der Waals surface area (Å²) in [5.74, 6) is 0. The summed E-state index contributed by atoms with van der Waals surface area (Å²) in [6.07, 6.45) is 2.04. The molecule has 0 saturated carbocycles. The van der Waals surface area contributed by atoms with Crippen LogP contribution in [0.25, 0.3) is 0 Å². The summed E-state index contributed by atoms with van der Waals surface area (Å²) in [4.78, 5) is 0. The van der Waals surface area contributed by atoms with Crippen LogP contribution in [0.5, 0.6) is 0 Å². The molecule has 0 spiro atoms. The first kappa shape index (κ1) is 8.85. The van der Waals surface area contributed by atoms with Crippen molar-refractivity contribution >= 4 is 17.3 Å². The third-order valence-corrected chi connectivity index (χ3v) is 2.94. The van der Waals surface area contributed by atoms with Gasteiger partial charge in [0.15, 0.2) is 0 Å². The van der Waals surface area contributed by atoms with Crippen molar-refractivity contribution in [2.75, 3.05) is 18.8 Å². The standard InChI is InChI=1S/C10H13ClN2/c11-10-8-4-6-13-5-3-7(8)1-2-9(10)12/h1-2,13H,3-6,12H2. The van der Waals surface area contributed by atoms with Gasteiger partial charge in [0.05, 0.1) is 10.7 Å². The summed E-state index contributed by atoms with van der Waals surface area (Å²) in [6, 6.07) is 3.98. The van der Waals surface area contributed by atoms with Gasteiger partial charge < -0.3 is 11.1 Å². The summed E-state index contributed by atoms with van der Waals surface area (Å²) in [6.45, 7) is 2.03. The maximum atomic E-state index is 6.13. The molecule has 13 heavy (non-hydrogen) atoms. The van der Waals surface area contributed by atoms with Crippen molar-refractivity contribution in [3.05, 3.63) is 28.3 Å². The molecule has 0 amide bonds. The molecule has 3 N–H and O–H groups in total. The Balaban J connectivity index is 2.48. The zero-order chi connectivity index (χ0) is 9.26. The largest absolute Gasteiger partial charge is 0.398 e. The SMILES string of the molecule is Nc1ccc2c(c1Cl)CCNCC2. The van der Waals surface area contributed by atoms with E-state index in [1.165, 1.54) is 11.1 Å². The summed E-state index contributed by atoms with van der Waals surface area (Å²) >= 11 is 6.13. The highest BCUT2D eigenvalue weighted by Crippen LogP contribution is 2.28. The van der Waals surface area contributed by atoms with Gasteiger partial charge >= 0.3 is 0 Å². The average molecular weight is 197 g/mol. The first-order valence-corrected chi connectivity index (χ1v) is 4.93. The van der Waals surface area contributed by atoms with Gasteiger partial charge in [-0.15, -0.1) is 0 Å². The van der Waals surface area contributed by atoms with Crippen LogP contribution in [0, 0.1) is 0 Å². The molecule has 0 radical (unpaired) electrons. The molecule has 3 heteroatoms. The second-order valence-electron chi connectivity index (χ2n) is 3.36. The van der Waals surface area contributed by atoms with Crippen LogP contribution >= 0.6 is 11.6 Å². The third kappa shape index (κ3) is 1.64. The number of hydrogen-bond acceptors (Lipinski definition) is 2. The van der Waals surface area contributed by atoms with Gasteiger partial charge in [0.2, 0.25) is 0 Å². The van der Waals surface area contributed by atoms with Gasteiger partial charge in [-0.2, -0.15) is 0 Å². The molecule has 1 heterocycles. The van der Waals surface area contributed by atoms with Crippen molar-refractivity contribution in [1.29, 1.82) is 0 Å². The molecular formula is C10H13ClN2. The fraction of sp³-hybridized carbons (Fsp3) is 0.400. The van der Waals surface area contributed by atoms with E-state index in [2.05, 4.69) is 11.4 Å². The molecule has 0 bridgehead atoms. The Hall–Kier alpha value is -0.730. The Labute approximate surface area is 83.1 Å². The summed E-state index contributed by atoms with van der Waals surface area (Å²) in [5.41, 5.74) is 9.00. The highest BCUT2D eigenvalue weighted by atomic mass is 35.5. The van der Waals surface area contributed by atoms with Gasteiger partial charge in [-0.1, -0.05) is 17.7 Å². The molecule has 1 aliphatic rings. The number of nitrogens with two attached hydrogens (primary N) is 1. The molecule has 70 valence electrons. The summed E-state index contributed by atoms with van der Waals surface area (Å²) in [7, 11) is 0. The number of fused-ring (bicyclic) bond motifs is 1. The Bertz CT molecular complexity index is 323. The molecule has 0 saturated heterocycles. The molecule has 2 rings (SSSR count). The molecule has 0 unspecified atom stereocenters. The average Bonchev–Trinajstić information content (AvgIpc) is 2.36. The van der Waals surface area contributed by atoms with Gasteiger partial charge in [0, 0.05) is 0 Å². The lowest BCUT2D eigenvalue weighted by Crippen LogP contribution is -2.16. The van der Waals surface area contributed by atoms with E-state index >= 15 is 0 Å². The minimum Gasteiger partial charge on any atom is -0.398 e. The van der Waals surface area contributed by atoms with Gasteiger partial charge in [-0.3, -0.25) is 0 Å². The first-order valence-electron chi connectivity index (χ1n) is 4.55. The quantitative estimate of drug-likeness (QED) is 0.619. The maximum Gasteiger partial charge on any atom is 0.0670 e. The number of nitrogen functional groups attached to an aromatic ring is 1. The number of nitrogens with one attached hydrogen (secondary N) is 1. The van der Waals surface area contributed by atoms with E-state index in [1.54, 1.807) is 0 Å². The van der Waals surface area contributed by atoms with Crippen molar-refractivity contribution in [2.45, 2.75) is 12.8 Å². The third-order valence-electron chi connectivity index (χ3n) is 2.49. The van der Waals surface area contributed by atoms with Crippen LogP contribution in [0.3, 0.4) is 0 Å². The Kier molecular flexibility index (Phi) is 2.42. The lowest BCUT2D eigenvalue weighted by molar-refractivity contribution is 0.711. The van der Waals surface area contributed by atoms with E-state index in [9.17, 15) is 0 Å². The topological polar surface area (TPSA) is 38.0 Å². The lowest BCUT2D eigenvalue weighted by atomic mass is 10.0. The molecule has 0 atom stereocenters. The summed E-state index contributed by atoms with van der Waals surface area (Å²) in [5, 5.41) is 4.09. The molecule has 1 aromatic rings. The maximum absolute atomic E-state index is 6.13. The van der Waals surface area contributed by atoms with E-state index in [0.717, 1.165) is 31.0 Å². The monoisotopic (exact) mass is 196 g/mol. The fourth-order valence-electron chi connectivity index (χ4n) is 1.75. The predicted molar refractivity (Wildman–Crippen MR) is 56.1 cm³/mol. The van der Waals surface area contributed by atoms with Crippen LogP contribution in [0.4, 0.5) is 5.69 Å². The van der Waals surface area contributed by atoms with Crippen molar-refractivity contribution in [3.63, 3.8) is 0 Å². The zero-order valence-electron chi connectivity index (χ0n) is 7.44. The van der Waals surface area contributed by atoms with Crippen molar-refractivity contribution in [2.24, 2.45) is 0 Å². The Morgan fingerprint density at radius 2 is 2.00 bits per heavy atom. The van der Waals surface area contributed by atoms with Crippen LogP contribution in [-0.4, -0.2) is 13.1 Å². The molecule has 0 aliphatic carbocycles. The summed E-state index contributed by atoms with van der Waals surface area (Å²) < 4.78 is 0. The van der Waals surface area contributed by atoms with Crippen LogP contribution in [0.2, 0.25) is 5.02 Å². The molecule has 2 nitrogen and oxygen atoms in total. The van der Waals surface area contributed by atoms with Crippen LogP contribution in [0.15, 0.2) is 12.1 Å². The highest BCUT2D eigenvalue weighted by molar-refractivity contribution is 6.34. The minimum absolute atomic E-state index is 0.697. The van der Waals surface area contributed by atoms with E-state index in [4.69, 9.17) is 17.3 Å². The fourth-order valence-corrected chi connectivity index (χ4v) is 2.02. The minimum atomic E-state index is 0.697. The number of halogens is 1. The molecule has 0 fully saturated rings. The number of rotatable bonds is 0. The number of anilines is 1. The lowest BCUT2D eigenvalue weighted by Gasteiger charge is -2.08.